The Bertz CT molecular complexity index is 393. The molecule has 1 aromatic carbocycles. The van der Waals surface area contributed by atoms with Gasteiger partial charge in [-0.1, -0.05) is 12.6 Å². The summed E-state index contributed by atoms with van der Waals surface area (Å²) in [6.07, 6.45) is 3.11. The minimum Gasteiger partial charge on any atom is -0.494 e. The van der Waals surface area contributed by atoms with Gasteiger partial charge in [0.05, 0.1) is 6.61 Å². The second kappa shape index (κ2) is 7.54. The summed E-state index contributed by atoms with van der Waals surface area (Å²) < 4.78 is 5.67. The van der Waals surface area contributed by atoms with E-state index >= 15 is 0 Å². The molecule has 0 aliphatic heterocycles. The summed E-state index contributed by atoms with van der Waals surface area (Å²) in [4.78, 5) is 10.9. The number of aryl methyl sites for hydroxylation is 2. The lowest BCUT2D eigenvalue weighted by Crippen LogP contribution is -2.22. The molecule has 0 atom stereocenters. The Morgan fingerprint density at radius 3 is 2.56 bits per heavy atom. The van der Waals surface area contributed by atoms with E-state index in [9.17, 15) is 4.79 Å². The van der Waals surface area contributed by atoms with Gasteiger partial charge in [-0.15, -0.1) is 0 Å². The molecule has 98 valence electrons. The maximum absolute atomic E-state index is 10.9. The van der Waals surface area contributed by atoms with E-state index in [0.717, 1.165) is 18.6 Å². The Hall–Kier alpha value is -1.77. The van der Waals surface area contributed by atoms with Crippen LogP contribution in [0, 0.1) is 13.8 Å². The molecule has 0 aliphatic rings. The quantitative estimate of drug-likeness (QED) is 0.594. The SMILES string of the molecule is C=CC(=O)NCCCCOc1cc(C)cc(C)c1. The fourth-order valence-corrected chi connectivity index (χ4v) is 1.72. The van der Waals surface area contributed by atoms with Gasteiger partial charge in [0.25, 0.3) is 0 Å². The van der Waals surface area contributed by atoms with Gasteiger partial charge < -0.3 is 10.1 Å². The van der Waals surface area contributed by atoms with Crippen molar-refractivity contribution >= 4 is 5.91 Å². The van der Waals surface area contributed by atoms with Crippen molar-refractivity contribution in [2.45, 2.75) is 26.7 Å². The summed E-state index contributed by atoms with van der Waals surface area (Å²) in [7, 11) is 0. The van der Waals surface area contributed by atoms with Crippen LogP contribution in [0.15, 0.2) is 30.9 Å². The number of carbonyl (C=O) groups is 1. The molecule has 0 heterocycles. The van der Waals surface area contributed by atoms with Gasteiger partial charge >= 0.3 is 0 Å². The van der Waals surface area contributed by atoms with E-state index in [-0.39, 0.29) is 5.91 Å². The van der Waals surface area contributed by atoms with Crippen LogP contribution in [0.25, 0.3) is 0 Å². The summed E-state index contributed by atoms with van der Waals surface area (Å²) in [5, 5.41) is 2.74. The van der Waals surface area contributed by atoms with Crippen LogP contribution in [0.4, 0.5) is 0 Å². The van der Waals surface area contributed by atoms with Gasteiger partial charge in [-0.3, -0.25) is 4.79 Å². The zero-order valence-electron chi connectivity index (χ0n) is 11.2. The summed E-state index contributed by atoms with van der Waals surface area (Å²) in [5.74, 6) is 0.799. The zero-order valence-corrected chi connectivity index (χ0v) is 11.2. The molecule has 3 heteroatoms. The van der Waals surface area contributed by atoms with E-state index in [1.807, 2.05) is 12.1 Å². The number of hydrogen-bond donors (Lipinski definition) is 1. The standard InChI is InChI=1S/C15H21NO2/c1-4-15(17)16-7-5-6-8-18-14-10-12(2)9-13(3)11-14/h4,9-11H,1,5-8H2,2-3H3,(H,16,17). The van der Waals surface area contributed by atoms with Gasteiger partial charge in [-0.05, 0) is 56.0 Å². The molecule has 3 nitrogen and oxygen atoms in total. The first-order valence-corrected chi connectivity index (χ1v) is 6.23. The normalized spacial score (nSPS) is 9.89. The molecule has 1 rings (SSSR count). The average Bonchev–Trinajstić information content (AvgIpc) is 2.32. The van der Waals surface area contributed by atoms with E-state index in [1.54, 1.807) is 0 Å². The Labute approximate surface area is 109 Å². The van der Waals surface area contributed by atoms with Crippen LogP contribution in [0.2, 0.25) is 0 Å². The number of ether oxygens (including phenoxy) is 1. The molecule has 0 aromatic heterocycles. The third-order valence-electron chi connectivity index (χ3n) is 2.52. The molecule has 1 N–H and O–H groups in total. The molecule has 0 saturated heterocycles. The third-order valence-corrected chi connectivity index (χ3v) is 2.52. The lowest BCUT2D eigenvalue weighted by molar-refractivity contribution is -0.116. The van der Waals surface area contributed by atoms with Crippen molar-refractivity contribution in [1.29, 1.82) is 0 Å². The molecule has 0 saturated carbocycles. The molecule has 0 bridgehead atoms. The lowest BCUT2D eigenvalue weighted by atomic mass is 10.1. The zero-order chi connectivity index (χ0) is 13.4. The molecule has 1 aromatic rings. The van der Waals surface area contributed by atoms with E-state index in [1.165, 1.54) is 17.2 Å². The lowest BCUT2D eigenvalue weighted by Gasteiger charge is -2.08. The molecule has 1 amide bonds. The first kappa shape index (κ1) is 14.3. The van der Waals surface area contributed by atoms with E-state index in [0.29, 0.717) is 13.2 Å². The Morgan fingerprint density at radius 1 is 1.28 bits per heavy atom. The van der Waals surface area contributed by atoms with Crippen LogP contribution >= 0.6 is 0 Å². The van der Waals surface area contributed by atoms with Gasteiger partial charge in [-0.2, -0.15) is 0 Å². The molecule has 0 radical (unpaired) electrons. The van der Waals surface area contributed by atoms with Gasteiger partial charge in [0, 0.05) is 6.54 Å². The highest BCUT2D eigenvalue weighted by molar-refractivity contribution is 5.86. The smallest absolute Gasteiger partial charge is 0.243 e. The summed E-state index contributed by atoms with van der Waals surface area (Å²) in [5.41, 5.74) is 2.42. The number of unbranched alkanes of at least 4 members (excludes halogenated alkanes) is 1. The van der Waals surface area contributed by atoms with Crippen LogP contribution in [-0.4, -0.2) is 19.1 Å². The third kappa shape index (κ3) is 5.53. The Kier molecular flexibility index (Phi) is 5.98. The number of amides is 1. The largest absolute Gasteiger partial charge is 0.494 e. The van der Waals surface area contributed by atoms with Crippen molar-refractivity contribution in [1.82, 2.24) is 5.32 Å². The Balaban J connectivity index is 2.18. The van der Waals surface area contributed by atoms with Crippen molar-refractivity contribution in [3.8, 4) is 5.75 Å². The molecule has 18 heavy (non-hydrogen) atoms. The second-order valence-electron chi connectivity index (χ2n) is 4.37. The predicted octanol–water partition coefficient (Wildman–Crippen LogP) is 2.76. The van der Waals surface area contributed by atoms with Crippen molar-refractivity contribution in [2.24, 2.45) is 0 Å². The topological polar surface area (TPSA) is 38.3 Å². The minimum atomic E-state index is -0.120. The maximum Gasteiger partial charge on any atom is 0.243 e. The first-order valence-electron chi connectivity index (χ1n) is 6.23. The van der Waals surface area contributed by atoms with Crippen molar-refractivity contribution in [2.75, 3.05) is 13.2 Å². The minimum absolute atomic E-state index is 0.120. The van der Waals surface area contributed by atoms with Crippen LogP contribution in [0.1, 0.15) is 24.0 Å². The van der Waals surface area contributed by atoms with E-state index in [2.05, 4.69) is 31.8 Å². The van der Waals surface area contributed by atoms with Gasteiger partial charge in [-0.25, -0.2) is 0 Å². The van der Waals surface area contributed by atoms with Gasteiger partial charge in [0.15, 0.2) is 0 Å². The molecular formula is C15H21NO2. The van der Waals surface area contributed by atoms with Crippen LogP contribution in [0.3, 0.4) is 0 Å². The Morgan fingerprint density at radius 2 is 1.94 bits per heavy atom. The highest BCUT2D eigenvalue weighted by Gasteiger charge is 1.97. The number of nitrogens with one attached hydrogen (secondary N) is 1. The van der Waals surface area contributed by atoms with Gasteiger partial charge in [0.1, 0.15) is 5.75 Å². The predicted molar refractivity (Wildman–Crippen MR) is 73.9 cm³/mol. The monoisotopic (exact) mass is 247 g/mol. The number of rotatable bonds is 7. The number of benzene rings is 1. The second-order valence-corrected chi connectivity index (χ2v) is 4.37. The highest BCUT2D eigenvalue weighted by Crippen LogP contribution is 2.16. The fraction of sp³-hybridized carbons (Fsp3) is 0.400. The molecule has 0 unspecified atom stereocenters. The summed E-state index contributed by atoms with van der Waals surface area (Å²) >= 11 is 0. The van der Waals surface area contributed by atoms with Gasteiger partial charge in [0.2, 0.25) is 5.91 Å². The van der Waals surface area contributed by atoms with Crippen LogP contribution in [0.5, 0.6) is 5.75 Å². The first-order chi connectivity index (χ1) is 8.61. The van der Waals surface area contributed by atoms with E-state index in [4.69, 9.17) is 4.74 Å². The van der Waals surface area contributed by atoms with Crippen LogP contribution < -0.4 is 10.1 Å². The van der Waals surface area contributed by atoms with Crippen molar-refractivity contribution in [3.05, 3.63) is 42.0 Å². The average molecular weight is 247 g/mol. The summed E-state index contributed by atoms with van der Waals surface area (Å²) in [6, 6.07) is 6.19. The summed E-state index contributed by atoms with van der Waals surface area (Å²) in [6.45, 7) is 8.86. The molecular weight excluding hydrogens is 226 g/mol. The number of carbonyl (C=O) groups excluding carboxylic acids is 1. The molecule has 0 fully saturated rings. The van der Waals surface area contributed by atoms with Crippen molar-refractivity contribution in [3.63, 3.8) is 0 Å². The fourth-order valence-electron chi connectivity index (χ4n) is 1.72. The molecule has 0 aliphatic carbocycles. The van der Waals surface area contributed by atoms with Crippen LogP contribution in [-0.2, 0) is 4.79 Å². The van der Waals surface area contributed by atoms with Crippen molar-refractivity contribution < 1.29 is 9.53 Å². The van der Waals surface area contributed by atoms with E-state index < -0.39 is 0 Å². The number of hydrogen-bond acceptors (Lipinski definition) is 2. The highest BCUT2D eigenvalue weighted by atomic mass is 16.5. The molecule has 0 spiro atoms. The maximum atomic E-state index is 10.9.